The van der Waals surface area contributed by atoms with Gasteiger partial charge in [0.05, 0.1) is 44.7 Å². The zero-order valence-corrected chi connectivity index (χ0v) is 24.9. The number of hydrogen-bond acceptors (Lipinski definition) is 7. The lowest BCUT2D eigenvalue weighted by molar-refractivity contribution is 0.342. The molecule has 218 valence electrons. The quantitative estimate of drug-likeness (QED) is 0.156. The molecule has 0 bridgehead atoms. The van der Waals surface area contributed by atoms with Gasteiger partial charge >= 0.3 is 0 Å². The summed E-state index contributed by atoms with van der Waals surface area (Å²) in [5, 5.41) is 0.669. The smallest absolute Gasteiger partial charge is 0.229 e. The number of ether oxygens (including phenoxy) is 3. The number of nitrogens with zero attached hydrogens (tertiary/aromatic N) is 2. The van der Waals surface area contributed by atoms with Gasteiger partial charge in [-0.25, -0.2) is 22.2 Å². The average Bonchev–Trinajstić information content (AvgIpc) is 3.36. The van der Waals surface area contributed by atoms with Crippen LogP contribution in [0.5, 0.6) is 17.2 Å². The number of halogens is 2. The Morgan fingerprint density at radius 1 is 0.976 bits per heavy atom. The summed E-state index contributed by atoms with van der Waals surface area (Å²) in [7, 11) is -0.431. The van der Waals surface area contributed by atoms with Crippen LogP contribution in [0.15, 0.2) is 72.0 Å². The van der Waals surface area contributed by atoms with Crippen LogP contribution in [0.1, 0.15) is 25.1 Å². The number of hydrogen-bond donors (Lipinski definition) is 1. The molecule has 8 nitrogen and oxygen atoms in total. The van der Waals surface area contributed by atoms with Crippen LogP contribution in [0.25, 0.3) is 5.69 Å². The fourth-order valence-electron chi connectivity index (χ4n) is 4.25. The van der Waals surface area contributed by atoms with Gasteiger partial charge in [-0.2, -0.15) is 0 Å². The Kier molecular flexibility index (Phi) is 9.13. The van der Waals surface area contributed by atoms with Crippen molar-refractivity contribution in [3.05, 3.63) is 89.8 Å². The molecule has 0 radical (unpaired) electrons. The van der Waals surface area contributed by atoms with E-state index in [0.29, 0.717) is 22.4 Å². The van der Waals surface area contributed by atoms with Crippen molar-refractivity contribution in [1.82, 2.24) is 9.55 Å². The Hall–Kier alpha value is -3.77. The van der Waals surface area contributed by atoms with Crippen LogP contribution in [-0.4, -0.2) is 50.8 Å². The third-order valence-corrected chi connectivity index (χ3v) is 7.89. The number of benzene rings is 3. The van der Waals surface area contributed by atoms with E-state index in [-0.39, 0.29) is 23.9 Å². The monoisotopic (exact) mass is 603 g/mol. The van der Waals surface area contributed by atoms with Crippen molar-refractivity contribution in [1.29, 1.82) is 0 Å². The first-order valence-electron chi connectivity index (χ1n) is 12.5. The summed E-state index contributed by atoms with van der Waals surface area (Å²) in [6.45, 7) is 4.37. The lowest BCUT2D eigenvalue weighted by Gasteiger charge is -2.28. The van der Waals surface area contributed by atoms with Crippen molar-refractivity contribution in [2.75, 3.05) is 37.6 Å². The summed E-state index contributed by atoms with van der Waals surface area (Å²) in [5.74, 6) is 0.876. The fourth-order valence-corrected chi connectivity index (χ4v) is 5.63. The fraction of sp³-hybridized carbons (Fsp3) is 0.276. The number of anilines is 1. The van der Waals surface area contributed by atoms with Crippen LogP contribution in [0.4, 0.5) is 14.5 Å². The molecule has 1 aromatic heterocycles. The molecule has 0 fully saturated rings. The first kappa shape index (κ1) is 30.2. The normalized spacial score (nSPS) is 11.8. The van der Waals surface area contributed by atoms with Gasteiger partial charge in [-0.3, -0.25) is 9.29 Å². The maximum absolute atomic E-state index is 14.3. The van der Waals surface area contributed by atoms with Gasteiger partial charge < -0.3 is 14.2 Å². The van der Waals surface area contributed by atoms with Gasteiger partial charge in [-0.05, 0) is 54.1 Å². The molecule has 0 spiro atoms. The van der Waals surface area contributed by atoms with Gasteiger partial charge in [0, 0.05) is 22.9 Å². The second-order valence-corrected chi connectivity index (χ2v) is 12.5. The molecule has 0 aliphatic rings. The van der Waals surface area contributed by atoms with Crippen LogP contribution in [0.3, 0.4) is 0 Å². The summed E-state index contributed by atoms with van der Waals surface area (Å²) in [6, 6.07) is 15.9. The van der Waals surface area contributed by atoms with Crippen molar-refractivity contribution in [2.24, 2.45) is 0 Å². The van der Waals surface area contributed by atoms with Crippen molar-refractivity contribution < 1.29 is 31.4 Å². The molecule has 0 saturated carbocycles. The van der Waals surface area contributed by atoms with E-state index < -0.39 is 21.3 Å². The van der Waals surface area contributed by atoms with Crippen molar-refractivity contribution in [2.45, 2.75) is 24.4 Å². The Labute approximate surface area is 242 Å². The average molecular weight is 604 g/mol. The lowest BCUT2D eigenvalue weighted by Crippen LogP contribution is -2.23. The highest BCUT2D eigenvalue weighted by molar-refractivity contribution is 7.99. The molecule has 1 heterocycles. The number of thioether (sulfide) groups is 1. The SMILES string of the molecule is COc1ccc(C(C)(C)c2cnc(SCCOc3ccc(NS(C)(=O)=O)c(F)c3)n2-c2ccc(F)cc2)cc1OC. The third kappa shape index (κ3) is 7.12. The molecule has 0 amide bonds. The number of nitrogens with one attached hydrogen (secondary N) is 1. The van der Waals surface area contributed by atoms with Crippen LogP contribution in [0, 0.1) is 11.6 Å². The molecule has 4 rings (SSSR count). The number of sulfonamides is 1. The van der Waals surface area contributed by atoms with E-state index in [1.807, 2.05) is 22.8 Å². The highest BCUT2D eigenvalue weighted by Gasteiger charge is 2.30. The first-order chi connectivity index (χ1) is 19.4. The van der Waals surface area contributed by atoms with Crippen molar-refractivity contribution >= 4 is 27.5 Å². The summed E-state index contributed by atoms with van der Waals surface area (Å²) in [4.78, 5) is 4.68. The van der Waals surface area contributed by atoms with E-state index in [9.17, 15) is 17.2 Å². The molecule has 4 aromatic rings. The van der Waals surface area contributed by atoms with Gasteiger partial charge in [0.15, 0.2) is 22.5 Å². The molecule has 41 heavy (non-hydrogen) atoms. The number of imidazole rings is 1. The van der Waals surface area contributed by atoms with Gasteiger partial charge in [-0.1, -0.05) is 31.7 Å². The zero-order valence-electron chi connectivity index (χ0n) is 23.3. The minimum Gasteiger partial charge on any atom is -0.493 e. The third-order valence-electron chi connectivity index (χ3n) is 6.38. The van der Waals surface area contributed by atoms with E-state index in [1.54, 1.807) is 32.5 Å². The highest BCUT2D eigenvalue weighted by atomic mass is 32.2. The Bertz CT molecular complexity index is 1620. The molecule has 0 saturated heterocycles. The molecular weight excluding hydrogens is 572 g/mol. The van der Waals surface area contributed by atoms with E-state index in [2.05, 4.69) is 23.6 Å². The molecule has 0 aliphatic carbocycles. The predicted octanol–water partition coefficient (Wildman–Crippen LogP) is 6.04. The van der Waals surface area contributed by atoms with Crippen molar-refractivity contribution in [3.8, 4) is 22.9 Å². The highest BCUT2D eigenvalue weighted by Crippen LogP contribution is 2.39. The largest absolute Gasteiger partial charge is 0.493 e. The summed E-state index contributed by atoms with van der Waals surface area (Å²) in [5.41, 5.74) is 1.90. The molecule has 12 heteroatoms. The molecule has 0 atom stereocenters. The van der Waals surface area contributed by atoms with Crippen LogP contribution in [0.2, 0.25) is 0 Å². The van der Waals surface area contributed by atoms with E-state index in [0.717, 1.165) is 29.3 Å². The maximum atomic E-state index is 14.3. The maximum Gasteiger partial charge on any atom is 0.229 e. The van der Waals surface area contributed by atoms with Crippen LogP contribution in [-0.2, 0) is 15.4 Å². The molecular formula is C29H31F2N3O5S2. The Morgan fingerprint density at radius 3 is 2.32 bits per heavy atom. The lowest BCUT2D eigenvalue weighted by atomic mass is 9.81. The molecule has 1 N–H and O–H groups in total. The van der Waals surface area contributed by atoms with E-state index >= 15 is 0 Å². The minimum absolute atomic E-state index is 0.153. The molecule has 0 aliphatic heterocycles. The predicted molar refractivity (Wildman–Crippen MR) is 156 cm³/mol. The second-order valence-electron chi connectivity index (χ2n) is 9.65. The van der Waals surface area contributed by atoms with Gasteiger partial charge in [0.2, 0.25) is 10.0 Å². The van der Waals surface area contributed by atoms with Crippen molar-refractivity contribution in [3.63, 3.8) is 0 Å². The summed E-state index contributed by atoms with van der Waals surface area (Å²) >= 11 is 1.43. The van der Waals surface area contributed by atoms with Gasteiger partial charge in [0.25, 0.3) is 0 Å². The minimum atomic E-state index is -3.60. The molecule has 3 aromatic carbocycles. The van der Waals surface area contributed by atoms with Gasteiger partial charge in [-0.15, -0.1) is 0 Å². The first-order valence-corrected chi connectivity index (χ1v) is 15.4. The summed E-state index contributed by atoms with van der Waals surface area (Å²) in [6.07, 6.45) is 2.75. The summed E-state index contributed by atoms with van der Waals surface area (Å²) < 4.78 is 71.6. The second kappa shape index (κ2) is 12.4. The number of aromatic nitrogens is 2. The molecule has 0 unspecified atom stereocenters. The van der Waals surface area contributed by atoms with E-state index in [1.165, 1.54) is 36.0 Å². The Morgan fingerprint density at radius 2 is 1.68 bits per heavy atom. The topological polar surface area (TPSA) is 91.7 Å². The Balaban J connectivity index is 1.57. The zero-order chi connectivity index (χ0) is 29.8. The van der Waals surface area contributed by atoms with E-state index in [4.69, 9.17) is 14.2 Å². The van der Waals surface area contributed by atoms with Gasteiger partial charge in [0.1, 0.15) is 11.6 Å². The number of methoxy groups -OCH3 is 2. The van der Waals surface area contributed by atoms with Crippen LogP contribution < -0.4 is 18.9 Å². The van der Waals surface area contributed by atoms with Crippen LogP contribution >= 0.6 is 11.8 Å². The standard InChI is InChI=1S/C29H31F2N3O5S2/c1-29(2,19-6-13-25(37-3)26(16-19)38-4)27-18-32-28(34(27)21-9-7-20(30)8-10-21)40-15-14-39-22-11-12-24(23(31)17-22)33-41(5,35)36/h6-13,16-18,33H,14-15H2,1-5H3. The number of rotatable bonds is 12.